The van der Waals surface area contributed by atoms with Gasteiger partial charge < -0.3 is 19.9 Å². The van der Waals surface area contributed by atoms with Gasteiger partial charge in [-0.1, -0.05) is 20.8 Å². The van der Waals surface area contributed by atoms with E-state index in [1.54, 1.807) is 0 Å². The van der Waals surface area contributed by atoms with E-state index in [4.69, 9.17) is 4.74 Å². The molecule has 1 aromatic heterocycles. The molecule has 1 heterocycles. The summed E-state index contributed by atoms with van der Waals surface area (Å²) in [5.41, 5.74) is 0.604. The minimum Gasteiger partial charge on any atom is -0.444 e. The summed E-state index contributed by atoms with van der Waals surface area (Å²) in [6.45, 7) is 16.7. The molecule has 0 aliphatic carbocycles. The molecule has 1 amide bonds. The zero-order valence-corrected chi connectivity index (χ0v) is 17.1. The SMILES string of the molecule is CCCn1ccc(CNC(C)(CNC(=O)OC(C)(C)C)CC(C)C)c1. The van der Waals surface area contributed by atoms with Crippen molar-refractivity contribution < 1.29 is 9.53 Å². The van der Waals surface area contributed by atoms with Crippen molar-refractivity contribution in [2.24, 2.45) is 5.92 Å². The van der Waals surface area contributed by atoms with Crippen LogP contribution in [0.2, 0.25) is 0 Å². The van der Waals surface area contributed by atoms with E-state index in [2.05, 4.69) is 61.4 Å². The molecule has 1 atom stereocenters. The van der Waals surface area contributed by atoms with Crippen LogP contribution in [-0.4, -0.2) is 28.3 Å². The molecule has 0 aliphatic heterocycles. The van der Waals surface area contributed by atoms with Crippen LogP contribution < -0.4 is 10.6 Å². The van der Waals surface area contributed by atoms with E-state index in [1.807, 2.05) is 20.8 Å². The fourth-order valence-electron chi connectivity index (χ4n) is 3.00. The lowest BCUT2D eigenvalue weighted by Gasteiger charge is -2.33. The molecule has 0 radical (unpaired) electrons. The Morgan fingerprint density at radius 1 is 1.28 bits per heavy atom. The van der Waals surface area contributed by atoms with Crippen molar-refractivity contribution in [3.63, 3.8) is 0 Å². The van der Waals surface area contributed by atoms with E-state index in [1.165, 1.54) is 5.56 Å². The highest BCUT2D eigenvalue weighted by Crippen LogP contribution is 2.17. The fourth-order valence-corrected chi connectivity index (χ4v) is 3.00. The van der Waals surface area contributed by atoms with E-state index in [0.29, 0.717) is 12.5 Å². The Balaban J connectivity index is 2.62. The van der Waals surface area contributed by atoms with Gasteiger partial charge in [0.2, 0.25) is 0 Å². The number of carbonyl (C=O) groups is 1. The number of ether oxygens (including phenoxy) is 1. The van der Waals surface area contributed by atoms with Crippen LogP contribution in [0.15, 0.2) is 18.5 Å². The molecule has 1 rings (SSSR count). The first-order valence-corrected chi connectivity index (χ1v) is 9.39. The quantitative estimate of drug-likeness (QED) is 0.697. The topological polar surface area (TPSA) is 55.3 Å². The Hall–Kier alpha value is -1.49. The molecule has 0 saturated heterocycles. The Bertz CT molecular complexity index is 531. The van der Waals surface area contributed by atoms with Gasteiger partial charge in [-0.25, -0.2) is 4.79 Å². The number of aromatic nitrogens is 1. The number of alkyl carbamates (subject to hydrolysis) is 1. The molecule has 0 spiro atoms. The molecule has 0 aliphatic rings. The first-order valence-electron chi connectivity index (χ1n) is 9.39. The fraction of sp³-hybridized carbons (Fsp3) is 0.750. The first kappa shape index (κ1) is 21.6. The van der Waals surface area contributed by atoms with Crippen molar-refractivity contribution in [1.29, 1.82) is 0 Å². The third-order valence-corrected chi connectivity index (χ3v) is 3.89. The molecular formula is C20H37N3O2. The van der Waals surface area contributed by atoms with Crippen molar-refractivity contribution in [1.82, 2.24) is 15.2 Å². The first-order chi connectivity index (χ1) is 11.5. The van der Waals surface area contributed by atoms with Crippen LogP contribution in [0.4, 0.5) is 4.79 Å². The number of hydrogen-bond donors (Lipinski definition) is 2. The van der Waals surface area contributed by atoms with Gasteiger partial charge in [-0.05, 0) is 58.1 Å². The second-order valence-corrected chi connectivity index (χ2v) is 8.63. The Kier molecular flexibility index (Phi) is 8.00. The molecule has 1 aromatic rings. The summed E-state index contributed by atoms with van der Waals surface area (Å²) in [5.74, 6) is 0.530. The minimum atomic E-state index is -0.478. The monoisotopic (exact) mass is 351 g/mol. The van der Waals surface area contributed by atoms with Crippen LogP contribution in [0.3, 0.4) is 0 Å². The standard InChI is InChI=1S/C20H37N3O2/c1-8-10-23-11-9-17(14-23)13-22-20(7,12-16(2)3)15-21-18(24)25-19(4,5)6/h9,11,14,16,22H,8,10,12-13,15H2,1-7H3,(H,21,24). The lowest BCUT2D eigenvalue weighted by Crippen LogP contribution is -2.52. The van der Waals surface area contributed by atoms with Crippen LogP contribution >= 0.6 is 0 Å². The molecule has 0 bridgehead atoms. The second-order valence-electron chi connectivity index (χ2n) is 8.63. The molecule has 0 aromatic carbocycles. The largest absolute Gasteiger partial charge is 0.444 e. The second kappa shape index (κ2) is 9.27. The molecule has 0 saturated carbocycles. The third-order valence-electron chi connectivity index (χ3n) is 3.89. The van der Waals surface area contributed by atoms with Crippen LogP contribution in [0.5, 0.6) is 0 Å². The highest BCUT2D eigenvalue weighted by Gasteiger charge is 2.27. The van der Waals surface area contributed by atoms with Crippen molar-refractivity contribution in [2.45, 2.75) is 85.5 Å². The Morgan fingerprint density at radius 3 is 2.52 bits per heavy atom. The smallest absolute Gasteiger partial charge is 0.407 e. The van der Waals surface area contributed by atoms with Gasteiger partial charge >= 0.3 is 6.09 Å². The predicted molar refractivity (Wildman–Crippen MR) is 104 cm³/mol. The lowest BCUT2D eigenvalue weighted by molar-refractivity contribution is 0.0507. The van der Waals surface area contributed by atoms with E-state index in [-0.39, 0.29) is 11.6 Å². The summed E-state index contributed by atoms with van der Waals surface area (Å²) < 4.78 is 7.57. The average Bonchev–Trinajstić information content (AvgIpc) is 2.89. The van der Waals surface area contributed by atoms with Gasteiger partial charge in [0.1, 0.15) is 5.60 Å². The molecule has 2 N–H and O–H groups in total. The van der Waals surface area contributed by atoms with Gasteiger partial charge in [-0.15, -0.1) is 0 Å². The van der Waals surface area contributed by atoms with Crippen molar-refractivity contribution in [3.8, 4) is 0 Å². The third kappa shape index (κ3) is 8.96. The summed E-state index contributed by atoms with van der Waals surface area (Å²) in [4.78, 5) is 12.0. The Labute approximate surface area is 153 Å². The van der Waals surface area contributed by atoms with Gasteiger partial charge in [0, 0.05) is 37.6 Å². The summed E-state index contributed by atoms with van der Waals surface area (Å²) >= 11 is 0. The van der Waals surface area contributed by atoms with Crippen molar-refractivity contribution in [2.75, 3.05) is 6.54 Å². The minimum absolute atomic E-state index is 0.183. The van der Waals surface area contributed by atoms with Crippen molar-refractivity contribution >= 4 is 6.09 Å². The highest BCUT2D eigenvalue weighted by atomic mass is 16.6. The molecule has 1 unspecified atom stereocenters. The summed E-state index contributed by atoms with van der Waals surface area (Å²) in [6, 6.07) is 2.15. The van der Waals surface area contributed by atoms with Crippen LogP contribution in [0.1, 0.15) is 66.9 Å². The molecule has 25 heavy (non-hydrogen) atoms. The maximum Gasteiger partial charge on any atom is 0.407 e. The predicted octanol–water partition coefficient (Wildman–Crippen LogP) is 4.32. The van der Waals surface area contributed by atoms with Gasteiger partial charge in [0.25, 0.3) is 0 Å². The summed E-state index contributed by atoms with van der Waals surface area (Å²) in [6.07, 6.45) is 6.05. The van der Waals surface area contributed by atoms with Crippen LogP contribution in [0.25, 0.3) is 0 Å². The van der Waals surface area contributed by atoms with Gasteiger partial charge in [-0.3, -0.25) is 0 Å². The number of carbonyl (C=O) groups excluding carboxylic acids is 1. The van der Waals surface area contributed by atoms with E-state index in [0.717, 1.165) is 25.9 Å². The zero-order chi connectivity index (χ0) is 19.1. The molecule has 5 nitrogen and oxygen atoms in total. The van der Waals surface area contributed by atoms with Crippen molar-refractivity contribution in [3.05, 3.63) is 24.0 Å². The molecule has 5 heteroatoms. The lowest BCUT2D eigenvalue weighted by atomic mass is 9.90. The highest BCUT2D eigenvalue weighted by molar-refractivity contribution is 5.67. The molecule has 0 fully saturated rings. The maximum atomic E-state index is 12.0. The maximum absolute atomic E-state index is 12.0. The zero-order valence-electron chi connectivity index (χ0n) is 17.1. The number of nitrogens with one attached hydrogen (secondary N) is 2. The Morgan fingerprint density at radius 2 is 1.96 bits per heavy atom. The van der Waals surface area contributed by atoms with E-state index < -0.39 is 5.60 Å². The molecular weight excluding hydrogens is 314 g/mol. The number of rotatable bonds is 9. The van der Waals surface area contributed by atoms with Crippen LogP contribution in [0, 0.1) is 5.92 Å². The van der Waals surface area contributed by atoms with Gasteiger partial charge in [-0.2, -0.15) is 0 Å². The normalized spacial score (nSPS) is 14.4. The summed E-state index contributed by atoms with van der Waals surface area (Å²) in [7, 11) is 0. The summed E-state index contributed by atoms with van der Waals surface area (Å²) in [5, 5.41) is 6.55. The number of nitrogens with zero attached hydrogens (tertiary/aromatic N) is 1. The van der Waals surface area contributed by atoms with Gasteiger partial charge in [0.05, 0.1) is 0 Å². The van der Waals surface area contributed by atoms with Gasteiger partial charge in [0.15, 0.2) is 0 Å². The molecule has 144 valence electrons. The van der Waals surface area contributed by atoms with E-state index >= 15 is 0 Å². The van der Waals surface area contributed by atoms with Crippen LogP contribution in [-0.2, 0) is 17.8 Å². The van der Waals surface area contributed by atoms with E-state index in [9.17, 15) is 4.79 Å². The number of hydrogen-bond acceptors (Lipinski definition) is 3. The number of amides is 1. The number of aryl methyl sites for hydroxylation is 1. The average molecular weight is 352 g/mol.